The maximum Gasteiger partial charge on any atom is 0.320 e. The van der Waals surface area contributed by atoms with Crippen molar-refractivity contribution in [2.75, 3.05) is 0 Å². The van der Waals surface area contributed by atoms with Gasteiger partial charge in [0.05, 0.1) is 4.90 Å². The van der Waals surface area contributed by atoms with Crippen LogP contribution >= 0.6 is 31.9 Å². The summed E-state index contributed by atoms with van der Waals surface area (Å²) in [6.45, 7) is 3.72. The summed E-state index contributed by atoms with van der Waals surface area (Å²) in [6.07, 6.45) is 0.0591. The van der Waals surface area contributed by atoms with E-state index >= 15 is 0 Å². The number of nitrogens with two attached hydrogens (primary N) is 1. The van der Waals surface area contributed by atoms with Crippen LogP contribution in [-0.4, -0.2) is 30.6 Å². The molecule has 1 unspecified atom stereocenters. The molecule has 0 aliphatic rings. The minimum atomic E-state index is -3.89. The van der Waals surface area contributed by atoms with Gasteiger partial charge in [-0.1, -0.05) is 13.8 Å². The normalized spacial score (nSPS) is 13.0. The Kier molecular flexibility index (Phi) is 6.72. The van der Waals surface area contributed by atoms with E-state index in [2.05, 4.69) is 31.9 Å². The third kappa shape index (κ3) is 4.71. The zero-order valence-electron chi connectivity index (χ0n) is 14.6. The molecule has 0 saturated heterocycles. The van der Waals surface area contributed by atoms with Crippen molar-refractivity contribution < 1.29 is 23.4 Å². The molecule has 0 bridgehead atoms. The smallest absolute Gasteiger partial charge is 0.320 e. The first-order chi connectivity index (χ1) is 12.4. The predicted molar refractivity (Wildman–Crippen MR) is 109 cm³/mol. The van der Waals surface area contributed by atoms with Gasteiger partial charge in [-0.3, -0.25) is 4.79 Å². The quantitative estimate of drug-likeness (QED) is 0.532. The van der Waals surface area contributed by atoms with Crippen LogP contribution in [0.2, 0.25) is 0 Å². The van der Waals surface area contributed by atoms with Crippen molar-refractivity contribution in [3.63, 3.8) is 0 Å². The molecule has 0 saturated carbocycles. The van der Waals surface area contributed by atoms with Gasteiger partial charge in [0.15, 0.2) is 0 Å². The summed E-state index contributed by atoms with van der Waals surface area (Å²) < 4.78 is 26.9. The van der Waals surface area contributed by atoms with Gasteiger partial charge in [-0.2, -0.15) is 0 Å². The Balaban J connectivity index is 2.54. The second-order valence-corrected chi connectivity index (χ2v) is 10.0. The number of hydrogen-bond donors (Lipinski definition) is 3. The lowest BCUT2D eigenvalue weighted by atomic mass is 10.0. The third-order valence-electron chi connectivity index (χ3n) is 4.03. The topological polar surface area (TPSA) is 118 Å². The molecule has 0 fully saturated rings. The van der Waals surface area contributed by atoms with Crippen LogP contribution in [0.3, 0.4) is 0 Å². The molecular weight excluding hydrogens is 502 g/mol. The summed E-state index contributed by atoms with van der Waals surface area (Å²) in [5.41, 5.74) is 6.66. The van der Waals surface area contributed by atoms with Crippen molar-refractivity contribution in [3.8, 4) is 5.75 Å². The summed E-state index contributed by atoms with van der Waals surface area (Å²) in [5, 5.41) is 18.9. The van der Waals surface area contributed by atoms with Crippen LogP contribution < -0.4 is 5.73 Å². The van der Waals surface area contributed by atoms with Crippen molar-refractivity contribution in [1.29, 1.82) is 0 Å². The molecule has 0 aromatic heterocycles. The number of carbonyl (C=O) groups is 1. The van der Waals surface area contributed by atoms with Crippen molar-refractivity contribution in [1.82, 2.24) is 0 Å². The van der Waals surface area contributed by atoms with E-state index in [-0.39, 0.29) is 27.9 Å². The lowest BCUT2D eigenvalue weighted by Gasteiger charge is -2.15. The summed E-state index contributed by atoms with van der Waals surface area (Å²) in [6, 6.07) is 6.18. The highest BCUT2D eigenvalue weighted by atomic mass is 79.9. The number of rotatable bonds is 6. The van der Waals surface area contributed by atoms with Crippen LogP contribution in [0.25, 0.3) is 0 Å². The Morgan fingerprint density at radius 2 is 1.70 bits per heavy atom. The highest BCUT2D eigenvalue weighted by molar-refractivity contribution is 9.11. The van der Waals surface area contributed by atoms with Crippen LogP contribution in [0.4, 0.5) is 0 Å². The number of halogens is 2. The molecule has 2 aromatic rings. The Morgan fingerprint density at radius 1 is 1.15 bits per heavy atom. The fraction of sp³-hybridized carbons (Fsp3) is 0.278. The molecule has 0 heterocycles. The van der Waals surface area contributed by atoms with E-state index in [1.54, 1.807) is 12.1 Å². The first-order valence-corrected chi connectivity index (χ1v) is 11.1. The SMILES string of the molecule is CC(C)c1cc(S(=O)(=O)c2c(Br)cc(CC(N)C(=O)O)cc2Br)ccc1O. The molecule has 0 radical (unpaired) electrons. The number of sulfone groups is 1. The number of benzene rings is 2. The van der Waals surface area contributed by atoms with Gasteiger partial charge in [0.25, 0.3) is 0 Å². The largest absolute Gasteiger partial charge is 0.508 e. The van der Waals surface area contributed by atoms with Crippen LogP contribution in [-0.2, 0) is 21.1 Å². The van der Waals surface area contributed by atoms with E-state index in [1.165, 1.54) is 18.2 Å². The Morgan fingerprint density at radius 3 is 2.19 bits per heavy atom. The molecule has 0 amide bonds. The predicted octanol–water partition coefficient (Wildman–Crippen LogP) is 3.83. The van der Waals surface area contributed by atoms with E-state index in [0.717, 1.165) is 0 Å². The molecule has 146 valence electrons. The van der Waals surface area contributed by atoms with Gasteiger partial charge < -0.3 is 15.9 Å². The Labute approximate surface area is 174 Å². The van der Waals surface area contributed by atoms with Gasteiger partial charge in [-0.25, -0.2) is 8.42 Å². The minimum Gasteiger partial charge on any atom is -0.508 e. The van der Waals surface area contributed by atoms with Crippen LogP contribution in [0.1, 0.15) is 30.9 Å². The van der Waals surface area contributed by atoms with Crippen LogP contribution in [0, 0.1) is 0 Å². The molecule has 9 heteroatoms. The molecule has 0 aliphatic heterocycles. The average molecular weight is 521 g/mol. The fourth-order valence-corrected chi connectivity index (χ4v) is 6.56. The maximum absolute atomic E-state index is 13.1. The molecular formula is C18H19Br2NO5S. The molecule has 2 rings (SSSR count). The molecule has 4 N–H and O–H groups in total. The van der Waals surface area contributed by atoms with Gasteiger partial charge in [-0.15, -0.1) is 0 Å². The number of carboxylic acids is 1. The van der Waals surface area contributed by atoms with Gasteiger partial charge in [-0.05, 0) is 85.7 Å². The molecule has 2 aromatic carbocycles. The first-order valence-electron chi connectivity index (χ1n) is 7.99. The van der Waals surface area contributed by atoms with Crippen molar-refractivity contribution in [3.05, 3.63) is 50.4 Å². The second kappa shape index (κ2) is 8.30. The second-order valence-electron chi connectivity index (χ2n) is 6.42. The number of aliphatic carboxylic acids is 1. The van der Waals surface area contributed by atoms with E-state index in [9.17, 15) is 18.3 Å². The van der Waals surface area contributed by atoms with Gasteiger partial charge in [0.1, 0.15) is 16.7 Å². The summed E-state index contributed by atoms with van der Waals surface area (Å²) in [4.78, 5) is 11.0. The maximum atomic E-state index is 13.1. The Bertz CT molecular complexity index is 966. The standard InChI is InChI=1S/C18H19Br2NO5S/c1-9(2)12-8-11(3-4-16(12)22)27(25,26)17-13(19)5-10(6-14(17)20)7-15(21)18(23)24/h3-6,8-9,15,22H,7,21H2,1-2H3,(H,23,24). The monoisotopic (exact) mass is 519 g/mol. The van der Waals surface area contributed by atoms with E-state index < -0.39 is 21.8 Å². The zero-order valence-corrected chi connectivity index (χ0v) is 18.6. The highest BCUT2D eigenvalue weighted by Gasteiger charge is 2.26. The first kappa shape index (κ1) is 21.9. The van der Waals surface area contributed by atoms with Crippen molar-refractivity contribution in [2.45, 2.75) is 42.0 Å². The van der Waals surface area contributed by atoms with Crippen molar-refractivity contribution in [2.24, 2.45) is 5.73 Å². The zero-order chi connectivity index (χ0) is 20.5. The number of hydrogen-bond acceptors (Lipinski definition) is 5. The fourth-order valence-electron chi connectivity index (χ4n) is 2.61. The van der Waals surface area contributed by atoms with Gasteiger partial charge in [0.2, 0.25) is 9.84 Å². The molecule has 6 nitrogen and oxygen atoms in total. The van der Waals surface area contributed by atoms with E-state index in [1.807, 2.05) is 13.8 Å². The number of phenols is 1. The van der Waals surface area contributed by atoms with Gasteiger partial charge >= 0.3 is 5.97 Å². The molecule has 1 atom stereocenters. The molecule has 27 heavy (non-hydrogen) atoms. The highest BCUT2D eigenvalue weighted by Crippen LogP contribution is 2.37. The lowest BCUT2D eigenvalue weighted by Crippen LogP contribution is -2.32. The minimum absolute atomic E-state index is 0.0237. The molecule has 0 aliphatic carbocycles. The van der Waals surface area contributed by atoms with Crippen LogP contribution in [0.5, 0.6) is 5.75 Å². The van der Waals surface area contributed by atoms with Crippen molar-refractivity contribution >= 4 is 47.7 Å². The van der Waals surface area contributed by atoms with Gasteiger partial charge in [0, 0.05) is 8.95 Å². The number of aromatic hydroxyl groups is 1. The summed E-state index contributed by atoms with van der Waals surface area (Å²) in [7, 11) is -3.89. The number of phenolic OH excluding ortho intramolecular Hbond substituents is 1. The third-order valence-corrected chi connectivity index (χ3v) is 7.66. The average Bonchev–Trinajstić information content (AvgIpc) is 2.53. The lowest BCUT2D eigenvalue weighted by molar-refractivity contribution is -0.138. The number of carboxylic acid groups (broad SMARTS) is 1. The molecule has 0 spiro atoms. The van der Waals surface area contributed by atoms with E-state index in [4.69, 9.17) is 10.8 Å². The summed E-state index contributed by atoms with van der Waals surface area (Å²) >= 11 is 6.55. The Hall–Kier alpha value is -1.42. The summed E-state index contributed by atoms with van der Waals surface area (Å²) in [5.74, 6) is -1.14. The van der Waals surface area contributed by atoms with E-state index in [0.29, 0.717) is 20.1 Å². The van der Waals surface area contributed by atoms with Crippen LogP contribution in [0.15, 0.2) is 49.1 Å².